The first-order chi connectivity index (χ1) is 15.9. The maximum Gasteiger partial charge on any atom is 0.419 e. The van der Waals surface area contributed by atoms with Crippen molar-refractivity contribution in [2.24, 2.45) is 12.5 Å². The molecule has 5 rings (SSSR count). The predicted molar refractivity (Wildman–Crippen MR) is 126 cm³/mol. The third-order valence-corrected chi connectivity index (χ3v) is 7.23. The van der Waals surface area contributed by atoms with Crippen LogP contribution in [0.15, 0.2) is 45.6 Å². The van der Waals surface area contributed by atoms with Gasteiger partial charge in [-0.1, -0.05) is 29.8 Å². The number of hydrogen-bond donors (Lipinski definition) is 0. The van der Waals surface area contributed by atoms with Crippen LogP contribution in [0, 0.1) is 12.3 Å². The van der Waals surface area contributed by atoms with Gasteiger partial charge in [0.1, 0.15) is 0 Å². The molecule has 7 heteroatoms. The summed E-state index contributed by atoms with van der Waals surface area (Å²) in [5.41, 5.74) is 5.80. The standard InChI is InChI=1S/C26H31N3O4/c1-18-4-6-20-8-10-29(15-21(20)12-18)24(30)26(17-32-3)9-11-28(16-26)14-19-5-7-23-22(13-19)27(2)25(31)33-23/h4-7,12-13H,8-11,14-17H2,1-3H3. The Morgan fingerprint density at radius 2 is 2.00 bits per heavy atom. The molecule has 0 radical (unpaired) electrons. The van der Waals surface area contributed by atoms with Crippen LogP contribution in [-0.2, 0) is 36.1 Å². The number of benzene rings is 2. The number of hydrogen-bond acceptors (Lipinski definition) is 5. The van der Waals surface area contributed by atoms with Gasteiger partial charge in [0.15, 0.2) is 5.58 Å². The molecule has 2 aliphatic rings. The smallest absolute Gasteiger partial charge is 0.408 e. The van der Waals surface area contributed by atoms with E-state index in [1.807, 2.05) is 23.1 Å². The van der Waals surface area contributed by atoms with Crippen LogP contribution in [0.1, 0.15) is 28.7 Å². The van der Waals surface area contributed by atoms with E-state index in [4.69, 9.17) is 9.15 Å². The molecule has 0 aliphatic carbocycles. The first kappa shape index (κ1) is 21.9. The zero-order chi connectivity index (χ0) is 23.2. The van der Waals surface area contributed by atoms with Crippen LogP contribution in [0.5, 0.6) is 0 Å². The summed E-state index contributed by atoms with van der Waals surface area (Å²) in [4.78, 5) is 29.9. The summed E-state index contributed by atoms with van der Waals surface area (Å²) in [5, 5.41) is 0. The Hall–Kier alpha value is -2.90. The van der Waals surface area contributed by atoms with Gasteiger partial charge in [-0.3, -0.25) is 14.3 Å². The van der Waals surface area contributed by atoms with E-state index in [1.165, 1.54) is 21.3 Å². The molecular formula is C26H31N3O4. The van der Waals surface area contributed by atoms with E-state index in [0.29, 0.717) is 25.3 Å². The third-order valence-electron chi connectivity index (χ3n) is 7.23. The number of aromatic nitrogens is 1. The molecule has 2 aliphatic heterocycles. The fraction of sp³-hybridized carbons (Fsp3) is 0.462. The van der Waals surface area contributed by atoms with Gasteiger partial charge in [0.2, 0.25) is 5.91 Å². The number of fused-ring (bicyclic) bond motifs is 2. The molecule has 1 fully saturated rings. The van der Waals surface area contributed by atoms with Crippen LogP contribution < -0.4 is 5.76 Å². The Bertz CT molecular complexity index is 1260. The van der Waals surface area contributed by atoms with Crippen LogP contribution in [0.3, 0.4) is 0 Å². The molecule has 174 valence electrons. The van der Waals surface area contributed by atoms with E-state index >= 15 is 0 Å². The molecule has 0 saturated carbocycles. The number of oxazole rings is 1. The Morgan fingerprint density at radius 3 is 2.82 bits per heavy atom. The van der Waals surface area contributed by atoms with Crippen molar-refractivity contribution in [1.29, 1.82) is 0 Å². The fourth-order valence-corrected chi connectivity index (χ4v) is 5.45. The Labute approximate surface area is 193 Å². The minimum absolute atomic E-state index is 0.201. The van der Waals surface area contributed by atoms with Crippen molar-refractivity contribution >= 4 is 17.0 Å². The lowest BCUT2D eigenvalue weighted by atomic mass is 9.85. The van der Waals surface area contributed by atoms with E-state index in [9.17, 15) is 9.59 Å². The normalized spacial score (nSPS) is 21.0. The predicted octanol–water partition coefficient (Wildman–Crippen LogP) is 2.86. The van der Waals surface area contributed by atoms with Crippen molar-refractivity contribution in [3.63, 3.8) is 0 Å². The van der Waals surface area contributed by atoms with Crippen molar-refractivity contribution in [2.75, 3.05) is 33.4 Å². The van der Waals surface area contributed by atoms with Gasteiger partial charge >= 0.3 is 5.76 Å². The first-order valence-electron chi connectivity index (χ1n) is 11.6. The quantitative estimate of drug-likeness (QED) is 0.599. The molecule has 1 atom stereocenters. The van der Waals surface area contributed by atoms with Crippen LogP contribution in [0.2, 0.25) is 0 Å². The second-order valence-electron chi connectivity index (χ2n) is 9.65. The minimum atomic E-state index is -0.525. The summed E-state index contributed by atoms with van der Waals surface area (Å²) in [7, 11) is 3.40. The van der Waals surface area contributed by atoms with E-state index < -0.39 is 5.41 Å². The third kappa shape index (κ3) is 4.00. The van der Waals surface area contributed by atoms with Gasteiger partial charge in [-0.25, -0.2) is 4.79 Å². The largest absolute Gasteiger partial charge is 0.419 e. The lowest BCUT2D eigenvalue weighted by Gasteiger charge is -2.37. The number of aryl methyl sites for hydroxylation is 2. The van der Waals surface area contributed by atoms with Gasteiger partial charge in [0, 0.05) is 40.3 Å². The average molecular weight is 450 g/mol. The van der Waals surface area contributed by atoms with E-state index in [0.717, 1.165) is 43.6 Å². The number of methoxy groups -OCH3 is 1. The Morgan fingerprint density at radius 1 is 1.15 bits per heavy atom. The molecule has 2 aromatic carbocycles. The molecule has 1 amide bonds. The number of carbonyl (C=O) groups excluding carboxylic acids is 1. The van der Waals surface area contributed by atoms with Gasteiger partial charge < -0.3 is 14.1 Å². The fourth-order valence-electron chi connectivity index (χ4n) is 5.45. The molecule has 1 unspecified atom stereocenters. The zero-order valence-corrected chi connectivity index (χ0v) is 19.6. The van der Waals surface area contributed by atoms with Crippen LogP contribution >= 0.6 is 0 Å². The Balaban J connectivity index is 1.33. The molecule has 1 saturated heterocycles. The maximum atomic E-state index is 13.8. The summed E-state index contributed by atoms with van der Waals surface area (Å²) in [6, 6.07) is 12.4. The van der Waals surface area contributed by atoms with Crippen LogP contribution in [-0.4, -0.2) is 53.6 Å². The van der Waals surface area contributed by atoms with E-state index in [2.05, 4.69) is 30.0 Å². The van der Waals surface area contributed by atoms with Crippen molar-refractivity contribution in [2.45, 2.75) is 32.9 Å². The van der Waals surface area contributed by atoms with E-state index in [-0.39, 0.29) is 11.7 Å². The highest BCUT2D eigenvalue weighted by Gasteiger charge is 2.47. The summed E-state index contributed by atoms with van der Waals surface area (Å²) >= 11 is 0. The van der Waals surface area contributed by atoms with Gasteiger partial charge in [0.25, 0.3) is 0 Å². The van der Waals surface area contributed by atoms with Crippen LogP contribution in [0.4, 0.5) is 0 Å². The highest BCUT2D eigenvalue weighted by Crippen LogP contribution is 2.36. The zero-order valence-electron chi connectivity index (χ0n) is 19.6. The van der Waals surface area contributed by atoms with Crippen LogP contribution in [0.25, 0.3) is 11.1 Å². The molecule has 33 heavy (non-hydrogen) atoms. The van der Waals surface area contributed by atoms with Gasteiger partial charge in [-0.05, 0) is 55.1 Å². The van der Waals surface area contributed by atoms with E-state index in [1.54, 1.807) is 14.2 Å². The lowest BCUT2D eigenvalue weighted by molar-refractivity contribution is -0.145. The number of rotatable bonds is 5. The molecule has 3 aromatic rings. The average Bonchev–Trinajstić information content (AvgIpc) is 3.34. The topological polar surface area (TPSA) is 67.9 Å². The second kappa shape index (κ2) is 8.47. The molecule has 7 nitrogen and oxygen atoms in total. The number of nitrogens with zero attached hydrogens (tertiary/aromatic N) is 3. The minimum Gasteiger partial charge on any atom is -0.408 e. The molecule has 1 aromatic heterocycles. The number of amides is 1. The molecule has 0 bridgehead atoms. The SMILES string of the molecule is COCC1(C(=O)N2CCc3ccc(C)cc3C2)CCN(Cc2ccc3oc(=O)n(C)c3c2)C1. The number of likely N-dealkylation sites (tertiary alicyclic amines) is 1. The molecule has 0 N–H and O–H groups in total. The number of ether oxygens (including phenoxy) is 1. The Kier molecular flexibility index (Phi) is 5.62. The highest BCUT2D eigenvalue weighted by molar-refractivity contribution is 5.84. The number of carbonyl (C=O) groups is 1. The van der Waals surface area contributed by atoms with Crippen molar-refractivity contribution in [3.05, 3.63) is 69.2 Å². The molecule has 3 heterocycles. The highest BCUT2D eigenvalue weighted by atomic mass is 16.5. The summed E-state index contributed by atoms with van der Waals surface area (Å²) in [6.45, 7) is 6.17. The summed E-state index contributed by atoms with van der Waals surface area (Å²) in [5.74, 6) is -0.155. The van der Waals surface area contributed by atoms with Gasteiger partial charge in [-0.2, -0.15) is 0 Å². The summed E-state index contributed by atoms with van der Waals surface area (Å²) in [6.07, 6.45) is 1.68. The van der Waals surface area contributed by atoms with Crippen molar-refractivity contribution in [3.8, 4) is 0 Å². The summed E-state index contributed by atoms with van der Waals surface area (Å²) < 4.78 is 12.4. The van der Waals surface area contributed by atoms with Crippen molar-refractivity contribution < 1.29 is 13.9 Å². The van der Waals surface area contributed by atoms with Gasteiger partial charge in [0.05, 0.1) is 17.5 Å². The second-order valence-corrected chi connectivity index (χ2v) is 9.65. The van der Waals surface area contributed by atoms with Crippen molar-refractivity contribution in [1.82, 2.24) is 14.4 Å². The lowest BCUT2D eigenvalue weighted by Crippen LogP contribution is -2.49. The molecular weight excluding hydrogens is 418 g/mol. The first-order valence-corrected chi connectivity index (χ1v) is 11.6. The maximum absolute atomic E-state index is 13.8. The van der Waals surface area contributed by atoms with Gasteiger partial charge in [-0.15, -0.1) is 0 Å². The molecule has 0 spiro atoms. The monoisotopic (exact) mass is 449 g/mol.